The van der Waals surface area contributed by atoms with Crippen molar-refractivity contribution in [2.75, 3.05) is 52.4 Å². The van der Waals surface area contributed by atoms with Crippen LogP contribution < -0.4 is 5.32 Å². The number of nitrogens with zero attached hydrogens (tertiary/aromatic N) is 2. The Hall–Kier alpha value is -0.120. The highest BCUT2D eigenvalue weighted by Crippen LogP contribution is 2.04. The van der Waals surface area contributed by atoms with Gasteiger partial charge in [-0.1, -0.05) is 20.3 Å². The summed E-state index contributed by atoms with van der Waals surface area (Å²) < 4.78 is 0. The maximum atomic E-state index is 3.39. The molecule has 0 aromatic rings. The Kier molecular flexibility index (Phi) is 8.67. The molecule has 0 radical (unpaired) electrons. The van der Waals surface area contributed by atoms with E-state index in [4.69, 9.17) is 0 Å². The summed E-state index contributed by atoms with van der Waals surface area (Å²) in [6, 6.07) is 0. The van der Waals surface area contributed by atoms with Gasteiger partial charge >= 0.3 is 0 Å². The second-order valence-corrected chi connectivity index (χ2v) is 5.10. The molecule has 17 heavy (non-hydrogen) atoms. The number of hydrogen-bond acceptors (Lipinski definition) is 3. The lowest BCUT2D eigenvalue weighted by Crippen LogP contribution is -2.46. The lowest BCUT2D eigenvalue weighted by molar-refractivity contribution is 0.131. The lowest BCUT2D eigenvalue weighted by atomic mass is 10.2. The molecule has 0 atom stereocenters. The van der Waals surface area contributed by atoms with Crippen LogP contribution in [0, 0.1) is 0 Å². The average molecular weight is 241 g/mol. The number of piperazine rings is 1. The largest absolute Gasteiger partial charge is 0.317 e. The summed E-state index contributed by atoms with van der Waals surface area (Å²) in [5.41, 5.74) is 0. The van der Waals surface area contributed by atoms with Crippen molar-refractivity contribution in [3.8, 4) is 0 Å². The van der Waals surface area contributed by atoms with E-state index in [1.165, 1.54) is 71.5 Å². The Morgan fingerprint density at radius 1 is 0.824 bits per heavy atom. The van der Waals surface area contributed by atoms with Gasteiger partial charge in [-0.05, 0) is 45.4 Å². The van der Waals surface area contributed by atoms with Gasteiger partial charge in [0.15, 0.2) is 0 Å². The van der Waals surface area contributed by atoms with Crippen LogP contribution in [-0.4, -0.2) is 62.2 Å². The van der Waals surface area contributed by atoms with Crippen LogP contribution in [0.2, 0.25) is 0 Å². The van der Waals surface area contributed by atoms with Crippen molar-refractivity contribution in [1.82, 2.24) is 15.1 Å². The molecule has 1 heterocycles. The fraction of sp³-hybridized carbons (Fsp3) is 1.00. The number of hydrogen-bond donors (Lipinski definition) is 1. The van der Waals surface area contributed by atoms with Gasteiger partial charge in [0.2, 0.25) is 0 Å². The van der Waals surface area contributed by atoms with Gasteiger partial charge in [-0.2, -0.15) is 0 Å². The van der Waals surface area contributed by atoms with Crippen molar-refractivity contribution in [3.63, 3.8) is 0 Å². The van der Waals surface area contributed by atoms with Crippen molar-refractivity contribution < 1.29 is 0 Å². The zero-order valence-corrected chi connectivity index (χ0v) is 11.9. The maximum absolute atomic E-state index is 3.39. The molecule has 3 nitrogen and oxygen atoms in total. The van der Waals surface area contributed by atoms with Crippen molar-refractivity contribution in [1.29, 1.82) is 0 Å². The number of nitrogens with one attached hydrogen (secondary N) is 1. The first-order valence-corrected chi connectivity index (χ1v) is 7.52. The van der Waals surface area contributed by atoms with Crippen molar-refractivity contribution >= 4 is 0 Å². The highest BCUT2D eigenvalue weighted by atomic mass is 15.3. The summed E-state index contributed by atoms with van der Waals surface area (Å²) in [7, 11) is 0. The number of rotatable bonds is 9. The van der Waals surface area contributed by atoms with Gasteiger partial charge in [0.05, 0.1) is 0 Å². The van der Waals surface area contributed by atoms with Crippen molar-refractivity contribution in [3.05, 3.63) is 0 Å². The summed E-state index contributed by atoms with van der Waals surface area (Å²) >= 11 is 0. The van der Waals surface area contributed by atoms with Crippen molar-refractivity contribution in [2.24, 2.45) is 0 Å². The number of unbranched alkanes of at least 4 members (excludes halogenated alkanes) is 2. The molecule has 1 aliphatic rings. The summed E-state index contributed by atoms with van der Waals surface area (Å²) in [6.07, 6.45) is 5.38. The van der Waals surface area contributed by atoms with Gasteiger partial charge in [-0.3, -0.25) is 0 Å². The Balaban J connectivity index is 1.91. The summed E-state index contributed by atoms with van der Waals surface area (Å²) in [4.78, 5) is 5.24. The highest BCUT2D eigenvalue weighted by Gasteiger charge is 2.14. The third-order valence-electron chi connectivity index (χ3n) is 3.58. The molecule has 0 aromatic carbocycles. The molecular formula is C14H31N3. The van der Waals surface area contributed by atoms with E-state index in [2.05, 4.69) is 29.0 Å². The topological polar surface area (TPSA) is 18.5 Å². The fourth-order valence-corrected chi connectivity index (χ4v) is 2.49. The van der Waals surface area contributed by atoms with E-state index >= 15 is 0 Å². The Morgan fingerprint density at radius 2 is 1.47 bits per heavy atom. The van der Waals surface area contributed by atoms with Gasteiger partial charge in [0.25, 0.3) is 0 Å². The van der Waals surface area contributed by atoms with Crippen molar-refractivity contribution in [2.45, 2.75) is 39.5 Å². The van der Waals surface area contributed by atoms with Crippen LogP contribution in [-0.2, 0) is 0 Å². The van der Waals surface area contributed by atoms with E-state index in [1.807, 2.05) is 0 Å². The predicted octanol–water partition coefficient (Wildman–Crippen LogP) is 1.79. The molecule has 0 aliphatic carbocycles. The molecule has 1 aliphatic heterocycles. The lowest BCUT2D eigenvalue weighted by Gasteiger charge is -2.34. The smallest absolute Gasteiger partial charge is 0.0110 e. The fourth-order valence-electron chi connectivity index (χ4n) is 2.49. The summed E-state index contributed by atoms with van der Waals surface area (Å²) in [5, 5.41) is 3.39. The van der Waals surface area contributed by atoms with Gasteiger partial charge in [0.1, 0.15) is 0 Å². The quantitative estimate of drug-likeness (QED) is 0.621. The van der Waals surface area contributed by atoms with Gasteiger partial charge in [0, 0.05) is 26.2 Å². The summed E-state index contributed by atoms with van der Waals surface area (Å²) in [5.74, 6) is 0. The molecule has 0 aromatic heterocycles. The maximum Gasteiger partial charge on any atom is 0.0110 e. The zero-order chi connectivity index (χ0) is 12.3. The monoisotopic (exact) mass is 241 g/mol. The van der Waals surface area contributed by atoms with Gasteiger partial charge in [-0.15, -0.1) is 0 Å². The van der Waals surface area contributed by atoms with E-state index < -0.39 is 0 Å². The van der Waals surface area contributed by atoms with Crippen LogP contribution in [0.4, 0.5) is 0 Å². The first-order valence-electron chi connectivity index (χ1n) is 7.52. The normalized spacial score (nSPS) is 18.7. The molecule has 0 spiro atoms. The SMILES string of the molecule is CCCN1CCN(CCCCCNCC)CC1. The van der Waals surface area contributed by atoms with Gasteiger partial charge in [-0.25, -0.2) is 0 Å². The van der Waals surface area contributed by atoms with E-state index in [0.29, 0.717) is 0 Å². The van der Waals surface area contributed by atoms with Gasteiger partial charge < -0.3 is 15.1 Å². The van der Waals surface area contributed by atoms with Crippen LogP contribution in [0.25, 0.3) is 0 Å². The predicted molar refractivity (Wildman–Crippen MR) is 75.6 cm³/mol. The Morgan fingerprint density at radius 3 is 2.06 bits per heavy atom. The van der Waals surface area contributed by atoms with E-state index in [-0.39, 0.29) is 0 Å². The molecule has 1 fully saturated rings. The third kappa shape index (κ3) is 7.02. The minimum Gasteiger partial charge on any atom is -0.317 e. The molecule has 1 rings (SSSR count). The molecule has 0 saturated carbocycles. The van der Waals surface area contributed by atoms with Crippen LogP contribution in [0.5, 0.6) is 0 Å². The average Bonchev–Trinajstić information content (AvgIpc) is 2.36. The van der Waals surface area contributed by atoms with E-state index in [1.54, 1.807) is 0 Å². The van der Waals surface area contributed by atoms with E-state index in [0.717, 1.165) is 6.54 Å². The van der Waals surface area contributed by atoms with Crippen LogP contribution in [0.3, 0.4) is 0 Å². The standard InChI is InChI=1S/C14H31N3/c1-3-9-16-11-13-17(14-12-16)10-7-5-6-8-15-4-2/h15H,3-14H2,1-2H3. The molecule has 1 saturated heterocycles. The second kappa shape index (κ2) is 9.86. The Labute approximate surface area is 108 Å². The van der Waals surface area contributed by atoms with Crippen LogP contribution in [0.1, 0.15) is 39.5 Å². The third-order valence-corrected chi connectivity index (χ3v) is 3.58. The zero-order valence-electron chi connectivity index (χ0n) is 11.9. The van der Waals surface area contributed by atoms with Crippen LogP contribution in [0.15, 0.2) is 0 Å². The minimum atomic E-state index is 1.11. The molecule has 102 valence electrons. The van der Waals surface area contributed by atoms with Crippen LogP contribution >= 0.6 is 0 Å². The first kappa shape index (κ1) is 14.9. The summed E-state index contributed by atoms with van der Waals surface area (Å²) in [6.45, 7) is 14.5. The molecule has 0 amide bonds. The van der Waals surface area contributed by atoms with E-state index in [9.17, 15) is 0 Å². The molecule has 3 heteroatoms. The molecule has 0 bridgehead atoms. The minimum absolute atomic E-state index is 1.11. The highest BCUT2D eigenvalue weighted by molar-refractivity contribution is 4.71. The first-order chi connectivity index (χ1) is 8.36. The Bertz CT molecular complexity index is 165. The molecule has 1 N–H and O–H groups in total. The molecule has 0 unspecified atom stereocenters. The second-order valence-electron chi connectivity index (χ2n) is 5.10. The molecular weight excluding hydrogens is 210 g/mol.